The number of hydrogen-bond acceptors (Lipinski definition) is 6. The standard InChI is InChI=1S/C23H20FN5O3/c1-31-19-8-5-16(6-9-19)7-11-21(30)25-13-14-32-22-12-10-20-26-27-23(29(20)28-22)17-3-2-4-18(24)15-17/h2-12,15H,13-14H2,1H3,(H,25,30)/b11-7+. The van der Waals surface area contributed by atoms with Crippen LogP contribution in [0.2, 0.25) is 0 Å². The molecule has 32 heavy (non-hydrogen) atoms. The van der Waals surface area contributed by atoms with Crippen LogP contribution in [0.25, 0.3) is 23.1 Å². The summed E-state index contributed by atoms with van der Waals surface area (Å²) in [6.45, 7) is 0.516. The van der Waals surface area contributed by atoms with Gasteiger partial charge < -0.3 is 14.8 Å². The van der Waals surface area contributed by atoms with Crippen LogP contribution in [-0.2, 0) is 4.79 Å². The first kappa shape index (κ1) is 21.0. The van der Waals surface area contributed by atoms with Crippen LogP contribution in [0.3, 0.4) is 0 Å². The Hall–Kier alpha value is -4.27. The number of carbonyl (C=O) groups excluding carboxylic acids is 1. The van der Waals surface area contributed by atoms with Crippen molar-refractivity contribution in [1.29, 1.82) is 0 Å². The fourth-order valence-corrected chi connectivity index (χ4v) is 2.93. The largest absolute Gasteiger partial charge is 0.497 e. The molecule has 9 heteroatoms. The third-order valence-corrected chi connectivity index (χ3v) is 4.52. The molecule has 0 radical (unpaired) electrons. The molecule has 8 nitrogen and oxygen atoms in total. The zero-order valence-corrected chi connectivity index (χ0v) is 17.2. The van der Waals surface area contributed by atoms with Gasteiger partial charge in [0.1, 0.15) is 18.2 Å². The number of methoxy groups -OCH3 is 1. The molecule has 4 rings (SSSR count). The Morgan fingerprint density at radius 3 is 2.75 bits per heavy atom. The summed E-state index contributed by atoms with van der Waals surface area (Å²) in [5.74, 6) is 0.883. The van der Waals surface area contributed by atoms with Crippen LogP contribution >= 0.6 is 0 Å². The summed E-state index contributed by atoms with van der Waals surface area (Å²) < 4.78 is 25.8. The highest BCUT2D eigenvalue weighted by Crippen LogP contribution is 2.19. The molecule has 0 atom stereocenters. The Morgan fingerprint density at radius 2 is 1.97 bits per heavy atom. The molecule has 0 fully saturated rings. The number of carbonyl (C=O) groups is 1. The average molecular weight is 433 g/mol. The molecule has 0 unspecified atom stereocenters. The lowest BCUT2D eigenvalue weighted by Gasteiger charge is -2.06. The number of amides is 1. The van der Waals surface area contributed by atoms with Crippen LogP contribution in [0.15, 0.2) is 66.7 Å². The van der Waals surface area contributed by atoms with Crippen molar-refractivity contribution in [3.05, 3.63) is 78.1 Å². The number of hydrogen-bond donors (Lipinski definition) is 1. The van der Waals surface area contributed by atoms with Crippen molar-refractivity contribution in [2.75, 3.05) is 20.3 Å². The first-order chi connectivity index (χ1) is 15.6. The van der Waals surface area contributed by atoms with E-state index in [0.29, 0.717) is 29.5 Å². The van der Waals surface area contributed by atoms with Crippen molar-refractivity contribution in [1.82, 2.24) is 25.1 Å². The number of fused-ring (bicyclic) bond motifs is 1. The summed E-state index contributed by atoms with van der Waals surface area (Å²) in [5.41, 5.74) is 1.95. The number of aromatic nitrogens is 4. The zero-order valence-electron chi connectivity index (χ0n) is 17.2. The van der Waals surface area contributed by atoms with E-state index >= 15 is 0 Å². The predicted molar refractivity (Wildman–Crippen MR) is 117 cm³/mol. The van der Waals surface area contributed by atoms with Crippen LogP contribution in [0.5, 0.6) is 11.6 Å². The minimum Gasteiger partial charge on any atom is -0.497 e. The van der Waals surface area contributed by atoms with Gasteiger partial charge in [0.2, 0.25) is 11.8 Å². The van der Waals surface area contributed by atoms with E-state index in [9.17, 15) is 9.18 Å². The highest BCUT2D eigenvalue weighted by atomic mass is 19.1. The Balaban J connectivity index is 1.32. The van der Waals surface area contributed by atoms with E-state index in [4.69, 9.17) is 9.47 Å². The van der Waals surface area contributed by atoms with Crippen molar-refractivity contribution in [3.63, 3.8) is 0 Å². The van der Waals surface area contributed by atoms with Crippen LogP contribution in [0.4, 0.5) is 4.39 Å². The minimum absolute atomic E-state index is 0.220. The van der Waals surface area contributed by atoms with Crippen LogP contribution in [-0.4, -0.2) is 46.0 Å². The second-order valence-corrected chi connectivity index (χ2v) is 6.72. The number of benzene rings is 2. The summed E-state index contributed by atoms with van der Waals surface area (Å²) >= 11 is 0. The van der Waals surface area contributed by atoms with Gasteiger partial charge >= 0.3 is 0 Å². The highest BCUT2D eigenvalue weighted by Gasteiger charge is 2.11. The van der Waals surface area contributed by atoms with Gasteiger partial charge in [-0.1, -0.05) is 24.3 Å². The minimum atomic E-state index is -0.372. The molecular formula is C23H20FN5O3. The topological polar surface area (TPSA) is 90.6 Å². The predicted octanol–water partition coefficient (Wildman–Crippen LogP) is 3.15. The van der Waals surface area contributed by atoms with Gasteiger partial charge in [-0.3, -0.25) is 4.79 Å². The SMILES string of the molecule is COc1ccc(/C=C/C(=O)NCCOc2ccc3nnc(-c4cccc(F)c4)n3n2)cc1. The Kier molecular flexibility index (Phi) is 6.35. The first-order valence-electron chi connectivity index (χ1n) is 9.83. The maximum atomic E-state index is 13.5. The molecule has 4 aromatic rings. The van der Waals surface area contributed by atoms with Crippen LogP contribution in [0.1, 0.15) is 5.56 Å². The van der Waals surface area contributed by atoms with Gasteiger partial charge in [-0.2, -0.15) is 4.52 Å². The molecule has 0 spiro atoms. The van der Waals surface area contributed by atoms with Crippen molar-refractivity contribution in [2.24, 2.45) is 0 Å². The monoisotopic (exact) mass is 433 g/mol. The Bertz CT molecular complexity index is 1250. The molecule has 2 aromatic carbocycles. The fourth-order valence-electron chi connectivity index (χ4n) is 2.93. The van der Waals surface area contributed by atoms with Crippen LogP contribution < -0.4 is 14.8 Å². The zero-order chi connectivity index (χ0) is 22.3. The number of ether oxygens (including phenoxy) is 2. The lowest BCUT2D eigenvalue weighted by Crippen LogP contribution is -2.26. The van der Waals surface area contributed by atoms with Gasteiger partial charge in [-0.15, -0.1) is 15.3 Å². The summed E-state index contributed by atoms with van der Waals surface area (Å²) in [7, 11) is 1.60. The van der Waals surface area contributed by atoms with Gasteiger partial charge in [-0.05, 0) is 42.0 Å². The highest BCUT2D eigenvalue weighted by molar-refractivity contribution is 5.91. The Labute approximate surface area is 183 Å². The number of nitrogens with zero attached hydrogens (tertiary/aromatic N) is 4. The van der Waals surface area contributed by atoms with Gasteiger partial charge in [0.15, 0.2) is 11.5 Å². The first-order valence-corrected chi connectivity index (χ1v) is 9.83. The summed E-state index contributed by atoms with van der Waals surface area (Å²) in [6, 6.07) is 16.8. The summed E-state index contributed by atoms with van der Waals surface area (Å²) in [4.78, 5) is 12.0. The second-order valence-electron chi connectivity index (χ2n) is 6.72. The maximum absolute atomic E-state index is 13.5. The number of rotatable bonds is 8. The normalized spacial score (nSPS) is 11.1. The fraction of sp³-hybridized carbons (Fsp3) is 0.130. The molecule has 1 N–H and O–H groups in total. The van der Waals surface area contributed by atoms with E-state index in [0.717, 1.165) is 11.3 Å². The van der Waals surface area contributed by atoms with Crippen molar-refractivity contribution < 1.29 is 18.7 Å². The van der Waals surface area contributed by atoms with Crippen molar-refractivity contribution >= 4 is 17.6 Å². The quantitative estimate of drug-likeness (QED) is 0.339. The van der Waals surface area contributed by atoms with Gasteiger partial charge in [0.25, 0.3) is 0 Å². The molecule has 2 aromatic heterocycles. The van der Waals surface area contributed by atoms with Crippen molar-refractivity contribution in [3.8, 4) is 23.0 Å². The molecule has 0 saturated heterocycles. The molecular weight excluding hydrogens is 413 g/mol. The average Bonchev–Trinajstić information content (AvgIpc) is 3.24. The van der Waals surface area contributed by atoms with E-state index in [1.807, 2.05) is 24.3 Å². The number of nitrogens with one attached hydrogen (secondary N) is 1. The second kappa shape index (κ2) is 9.69. The lowest BCUT2D eigenvalue weighted by atomic mass is 10.2. The molecule has 162 valence electrons. The molecule has 0 aliphatic heterocycles. The smallest absolute Gasteiger partial charge is 0.244 e. The molecule has 0 bridgehead atoms. The van der Waals surface area contributed by atoms with Gasteiger partial charge in [0.05, 0.1) is 13.7 Å². The van der Waals surface area contributed by atoms with E-state index in [1.165, 1.54) is 22.7 Å². The van der Waals surface area contributed by atoms with E-state index in [2.05, 4.69) is 20.6 Å². The van der Waals surface area contributed by atoms with Gasteiger partial charge in [0, 0.05) is 17.7 Å². The molecule has 1 amide bonds. The summed E-state index contributed by atoms with van der Waals surface area (Å²) in [6.07, 6.45) is 3.17. The molecule has 0 aliphatic rings. The van der Waals surface area contributed by atoms with Gasteiger partial charge in [-0.25, -0.2) is 4.39 Å². The number of halogens is 1. The Morgan fingerprint density at radius 1 is 1.12 bits per heavy atom. The maximum Gasteiger partial charge on any atom is 0.244 e. The molecule has 2 heterocycles. The van der Waals surface area contributed by atoms with E-state index in [1.54, 1.807) is 37.5 Å². The third kappa shape index (κ3) is 5.07. The van der Waals surface area contributed by atoms with E-state index in [-0.39, 0.29) is 18.3 Å². The van der Waals surface area contributed by atoms with Crippen LogP contribution in [0, 0.1) is 5.82 Å². The molecule has 0 aliphatic carbocycles. The van der Waals surface area contributed by atoms with Crippen molar-refractivity contribution in [2.45, 2.75) is 0 Å². The third-order valence-electron chi connectivity index (χ3n) is 4.52. The lowest BCUT2D eigenvalue weighted by molar-refractivity contribution is -0.116. The summed E-state index contributed by atoms with van der Waals surface area (Å²) in [5, 5.41) is 15.2. The molecule has 0 saturated carbocycles. The van der Waals surface area contributed by atoms with E-state index < -0.39 is 0 Å².